The molecular formula is C14H21NaO5S. The van der Waals surface area contributed by atoms with E-state index in [1.807, 2.05) is 0 Å². The maximum absolute atomic E-state index is 10.4. The summed E-state index contributed by atoms with van der Waals surface area (Å²) in [4.78, 5) is 20.6. The van der Waals surface area contributed by atoms with E-state index >= 15 is 0 Å². The van der Waals surface area contributed by atoms with E-state index in [1.54, 1.807) is 0 Å². The molecule has 0 saturated heterocycles. The molecule has 21 heavy (non-hydrogen) atoms. The fourth-order valence-electron chi connectivity index (χ4n) is 1.39. The van der Waals surface area contributed by atoms with Crippen LogP contribution in [0.15, 0.2) is 24.3 Å². The van der Waals surface area contributed by atoms with Crippen LogP contribution < -0.4 is 34.7 Å². The van der Waals surface area contributed by atoms with E-state index in [-0.39, 0.29) is 46.2 Å². The Bertz CT molecular complexity index is 387. The van der Waals surface area contributed by atoms with Crippen molar-refractivity contribution in [1.29, 1.82) is 0 Å². The molecule has 0 fully saturated rings. The third-order valence-corrected chi connectivity index (χ3v) is 5.02. The van der Waals surface area contributed by atoms with Gasteiger partial charge in [-0.2, -0.15) is 0 Å². The van der Waals surface area contributed by atoms with Gasteiger partial charge in [0.05, 0.1) is 11.5 Å². The predicted octanol–water partition coefficient (Wildman–Crippen LogP) is -1.76. The Labute approximate surface area is 150 Å². The summed E-state index contributed by atoms with van der Waals surface area (Å²) < 4.78 is 0. The van der Waals surface area contributed by atoms with E-state index < -0.39 is 11.9 Å². The van der Waals surface area contributed by atoms with Crippen molar-refractivity contribution in [2.24, 2.45) is 0 Å². The number of carboxylic acid groups (broad SMARTS) is 2. The van der Waals surface area contributed by atoms with Crippen molar-refractivity contribution in [3.63, 3.8) is 0 Å². The Morgan fingerprint density at radius 2 is 1.52 bits per heavy atom. The summed E-state index contributed by atoms with van der Waals surface area (Å²) in [5.74, 6) is 1.61. The van der Waals surface area contributed by atoms with Crippen LogP contribution in [-0.2, 0) is 10.9 Å². The summed E-state index contributed by atoms with van der Waals surface area (Å²) in [7, 11) is 0.755. The maximum Gasteiger partial charge on any atom is 1.00 e. The molecule has 0 spiro atoms. The molecule has 7 heteroatoms. The van der Waals surface area contributed by atoms with Crippen LogP contribution in [0.4, 0.5) is 0 Å². The summed E-state index contributed by atoms with van der Waals surface area (Å²) in [6, 6.07) is 5.00. The number of hydrogen-bond acceptors (Lipinski definition) is 4. The molecule has 0 saturated carbocycles. The summed E-state index contributed by atoms with van der Waals surface area (Å²) in [5.41, 5.74) is -0.188. The molecular weight excluding hydrogens is 303 g/mol. The first-order valence-electron chi connectivity index (χ1n) is 6.14. The molecule has 0 radical (unpaired) electrons. The molecule has 5 nitrogen and oxygen atoms in total. The van der Waals surface area contributed by atoms with Gasteiger partial charge in [-0.05, 0) is 49.4 Å². The molecule has 0 aliphatic rings. The van der Waals surface area contributed by atoms with Gasteiger partial charge in [0, 0.05) is 0 Å². The first kappa shape index (κ1) is 25.4. The number of hydrogen-bond donors (Lipinski definition) is 1. The van der Waals surface area contributed by atoms with Crippen molar-refractivity contribution in [3.05, 3.63) is 35.4 Å². The zero-order valence-corrected chi connectivity index (χ0v) is 15.8. The van der Waals surface area contributed by atoms with Crippen molar-refractivity contribution < 1.29 is 54.8 Å². The first-order valence-corrected chi connectivity index (χ1v) is 7.88. The molecule has 1 aromatic carbocycles. The fourth-order valence-corrected chi connectivity index (χ4v) is 2.62. The third-order valence-electron chi connectivity index (χ3n) is 2.57. The Morgan fingerprint density at radius 3 is 1.81 bits per heavy atom. The molecule has 0 bridgehead atoms. The van der Waals surface area contributed by atoms with Gasteiger partial charge in [0.2, 0.25) is 0 Å². The molecule has 0 unspecified atom stereocenters. The minimum absolute atomic E-state index is 0. The van der Waals surface area contributed by atoms with Crippen LogP contribution >= 0.6 is 0 Å². The predicted molar refractivity (Wildman–Crippen MR) is 78.7 cm³/mol. The average molecular weight is 324 g/mol. The van der Waals surface area contributed by atoms with Gasteiger partial charge < -0.3 is 20.5 Å². The second kappa shape index (κ2) is 14.4. The van der Waals surface area contributed by atoms with Gasteiger partial charge in [-0.1, -0.05) is 12.1 Å². The average Bonchev–Trinajstić information content (AvgIpc) is 2.41. The minimum Gasteiger partial charge on any atom is -0.870 e. The minimum atomic E-state index is -1.38. The first-order chi connectivity index (χ1) is 8.96. The Morgan fingerprint density at radius 1 is 1.10 bits per heavy atom. The summed E-state index contributed by atoms with van der Waals surface area (Å²) in [6.07, 6.45) is 0. The Hall–Kier alpha value is -0.530. The van der Waals surface area contributed by atoms with E-state index in [2.05, 4.69) is 20.8 Å². The summed E-state index contributed by atoms with van der Waals surface area (Å²) >= 11 is 0. The molecule has 0 heterocycles. The summed E-state index contributed by atoms with van der Waals surface area (Å²) in [5, 5.41) is 18.7. The third kappa shape index (κ3) is 10.8. The van der Waals surface area contributed by atoms with Crippen molar-refractivity contribution in [2.45, 2.75) is 20.8 Å². The molecule has 2 N–H and O–H groups in total. The number of rotatable bonds is 5. The normalized spacial score (nSPS) is 8.76. The second-order valence-corrected chi connectivity index (χ2v) is 6.61. The SMILES string of the molecule is CC[S+](CC)CC.O=C([O-])c1cccc(C(=O)O)c1.[Na+].[OH-]. The molecule has 114 valence electrons. The van der Waals surface area contributed by atoms with Crippen LogP contribution in [0.3, 0.4) is 0 Å². The molecule has 0 atom stereocenters. The number of benzene rings is 1. The zero-order chi connectivity index (χ0) is 14.8. The summed E-state index contributed by atoms with van der Waals surface area (Å²) in [6.45, 7) is 6.82. The smallest absolute Gasteiger partial charge is 0.870 e. The van der Waals surface area contributed by atoms with Crippen LogP contribution in [0, 0.1) is 0 Å². The van der Waals surface area contributed by atoms with Crippen molar-refractivity contribution in [2.75, 3.05) is 17.3 Å². The molecule has 1 rings (SSSR count). The Kier molecular flexibility index (Phi) is 17.4. The standard InChI is InChI=1S/C8H6O4.C6H15S.Na.H2O/c9-7(10)5-2-1-3-6(4-5)8(11)12;1-4-7(5-2)6-3;;/h1-4H,(H,9,10)(H,11,12);4-6H2,1-3H3;;1H2/q;2*+1;/p-2. The molecule has 0 aromatic heterocycles. The largest absolute Gasteiger partial charge is 1.00 e. The number of carbonyl (C=O) groups is 2. The molecule has 0 aliphatic heterocycles. The van der Waals surface area contributed by atoms with Crippen LogP contribution in [0.2, 0.25) is 0 Å². The van der Waals surface area contributed by atoms with Gasteiger partial charge in [0.15, 0.2) is 0 Å². The van der Waals surface area contributed by atoms with Gasteiger partial charge in [-0.15, -0.1) is 0 Å². The van der Waals surface area contributed by atoms with E-state index in [0.29, 0.717) is 0 Å². The van der Waals surface area contributed by atoms with Gasteiger partial charge in [-0.3, -0.25) is 0 Å². The maximum atomic E-state index is 10.4. The van der Waals surface area contributed by atoms with E-state index in [1.165, 1.54) is 35.5 Å². The van der Waals surface area contributed by atoms with Gasteiger partial charge in [0.25, 0.3) is 0 Å². The van der Waals surface area contributed by atoms with Gasteiger partial charge in [0.1, 0.15) is 17.3 Å². The van der Waals surface area contributed by atoms with Crippen molar-refractivity contribution >= 4 is 22.8 Å². The fraction of sp³-hybridized carbons (Fsp3) is 0.429. The van der Waals surface area contributed by atoms with Gasteiger partial charge in [-0.25, -0.2) is 4.79 Å². The van der Waals surface area contributed by atoms with Gasteiger partial charge >= 0.3 is 35.5 Å². The van der Waals surface area contributed by atoms with E-state index in [0.717, 1.165) is 17.0 Å². The Balaban J connectivity index is -0.000000317. The second-order valence-electron chi connectivity index (χ2n) is 3.65. The molecule has 0 aliphatic carbocycles. The number of aromatic carboxylic acids is 2. The molecule has 0 amide bonds. The van der Waals surface area contributed by atoms with Crippen molar-refractivity contribution in [3.8, 4) is 0 Å². The van der Waals surface area contributed by atoms with Crippen LogP contribution in [0.1, 0.15) is 41.5 Å². The molecule has 1 aromatic rings. The van der Waals surface area contributed by atoms with E-state index in [9.17, 15) is 14.7 Å². The monoisotopic (exact) mass is 324 g/mol. The van der Waals surface area contributed by atoms with Crippen LogP contribution in [0.25, 0.3) is 0 Å². The van der Waals surface area contributed by atoms with E-state index in [4.69, 9.17) is 5.11 Å². The number of carboxylic acids is 2. The van der Waals surface area contributed by atoms with Crippen LogP contribution in [0.5, 0.6) is 0 Å². The number of carbonyl (C=O) groups excluding carboxylic acids is 1. The quantitative estimate of drug-likeness (QED) is 0.510. The van der Waals surface area contributed by atoms with Crippen molar-refractivity contribution in [1.82, 2.24) is 0 Å². The van der Waals surface area contributed by atoms with Crippen LogP contribution in [-0.4, -0.2) is 39.8 Å². The topological polar surface area (TPSA) is 107 Å². The zero-order valence-electron chi connectivity index (χ0n) is 13.0.